The van der Waals surface area contributed by atoms with Gasteiger partial charge in [-0.3, -0.25) is 4.57 Å². The summed E-state index contributed by atoms with van der Waals surface area (Å²) in [6, 6.07) is 7.29. The highest BCUT2D eigenvalue weighted by Crippen LogP contribution is 2.37. The van der Waals surface area contributed by atoms with Crippen molar-refractivity contribution >= 4 is 33.5 Å². The fourth-order valence-corrected chi connectivity index (χ4v) is 4.18. The smallest absolute Gasteiger partial charge is 0.359 e. The number of aromatic nitrogens is 2. The summed E-state index contributed by atoms with van der Waals surface area (Å²) in [6.07, 6.45) is 5.49. The fraction of sp³-hybridized carbons (Fsp3) is 0.421. The molecule has 1 heterocycles. The van der Waals surface area contributed by atoms with Crippen LogP contribution in [0, 0.1) is 11.3 Å². The van der Waals surface area contributed by atoms with Gasteiger partial charge in [-0.25, -0.2) is 9.78 Å². The molecular formula is C19H19BrClN3O2. The van der Waals surface area contributed by atoms with Crippen molar-refractivity contribution in [1.82, 2.24) is 9.55 Å². The van der Waals surface area contributed by atoms with Crippen LogP contribution in [0.4, 0.5) is 0 Å². The minimum Gasteiger partial charge on any atom is -0.461 e. The maximum Gasteiger partial charge on any atom is 0.359 e. The first-order valence-electron chi connectivity index (χ1n) is 8.72. The third-order valence-electron chi connectivity index (χ3n) is 4.61. The molecule has 0 atom stereocenters. The molecule has 7 heteroatoms. The van der Waals surface area contributed by atoms with Crippen molar-refractivity contribution in [3.8, 4) is 11.8 Å². The zero-order chi connectivity index (χ0) is 18.7. The molecule has 0 spiro atoms. The van der Waals surface area contributed by atoms with Crippen LogP contribution in [0.2, 0.25) is 5.02 Å². The number of imidazole rings is 1. The Morgan fingerprint density at radius 2 is 2.15 bits per heavy atom. The summed E-state index contributed by atoms with van der Waals surface area (Å²) in [5.41, 5.74) is 1.33. The summed E-state index contributed by atoms with van der Waals surface area (Å²) in [4.78, 5) is 17.0. The minimum atomic E-state index is -0.476. The first kappa shape index (κ1) is 18.9. The highest BCUT2D eigenvalue weighted by Gasteiger charge is 2.29. The van der Waals surface area contributed by atoms with Crippen molar-refractivity contribution in [3.63, 3.8) is 0 Å². The maximum absolute atomic E-state index is 12.3. The lowest BCUT2D eigenvalue weighted by Gasteiger charge is -2.22. The lowest BCUT2D eigenvalue weighted by molar-refractivity contribution is 0.0518. The second-order valence-electron chi connectivity index (χ2n) is 6.27. The Hall–Kier alpha value is -1.84. The normalized spacial score (nSPS) is 14.8. The van der Waals surface area contributed by atoms with E-state index in [0.29, 0.717) is 20.9 Å². The Morgan fingerprint density at radius 1 is 1.42 bits per heavy atom. The van der Waals surface area contributed by atoms with Gasteiger partial charge in [0.05, 0.1) is 17.9 Å². The van der Waals surface area contributed by atoms with E-state index in [1.807, 2.05) is 4.57 Å². The van der Waals surface area contributed by atoms with Crippen LogP contribution in [-0.2, 0) is 4.74 Å². The predicted molar refractivity (Wildman–Crippen MR) is 103 cm³/mol. The standard InChI is InChI=1S/C19H19BrClN3O2/c1-2-26-19(25)16-17(20)24(15-10-14(21)9-8-13(15)11-22)18(23-16)12-6-4-3-5-7-12/h8-10,12H,2-7H2,1H3. The largest absolute Gasteiger partial charge is 0.461 e. The van der Waals surface area contributed by atoms with Crippen LogP contribution in [0.5, 0.6) is 0 Å². The molecular weight excluding hydrogens is 418 g/mol. The van der Waals surface area contributed by atoms with E-state index in [9.17, 15) is 10.1 Å². The first-order valence-corrected chi connectivity index (χ1v) is 9.89. The van der Waals surface area contributed by atoms with Gasteiger partial charge in [0.15, 0.2) is 5.69 Å². The van der Waals surface area contributed by atoms with E-state index in [1.165, 1.54) is 6.42 Å². The van der Waals surface area contributed by atoms with Gasteiger partial charge in [-0.05, 0) is 53.9 Å². The Balaban J connectivity index is 2.20. The molecule has 136 valence electrons. The number of benzene rings is 1. The molecule has 1 saturated carbocycles. The van der Waals surface area contributed by atoms with Gasteiger partial charge in [-0.1, -0.05) is 30.9 Å². The van der Waals surface area contributed by atoms with E-state index in [2.05, 4.69) is 27.0 Å². The van der Waals surface area contributed by atoms with Gasteiger partial charge in [0.2, 0.25) is 0 Å². The van der Waals surface area contributed by atoms with Crippen LogP contribution in [0.1, 0.15) is 66.8 Å². The van der Waals surface area contributed by atoms with Crippen molar-refractivity contribution in [1.29, 1.82) is 5.26 Å². The average molecular weight is 437 g/mol. The van der Waals surface area contributed by atoms with E-state index >= 15 is 0 Å². The second kappa shape index (κ2) is 8.24. The van der Waals surface area contributed by atoms with Crippen LogP contribution in [0.25, 0.3) is 5.69 Å². The highest BCUT2D eigenvalue weighted by atomic mass is 79.9. The molecule has 0 bridgehead atoms. The van der Waals surface area contributed by atoms with E-state index < -0.39 is 5.97 Å². The summed E-state index contributed by atoms with van der Waals surface area (Å²) in [7, 11) is 0. The van der Waals surface area contributed by atoms with Gasteiger partial charge in [0.1, 0.15) is 16.5 Å². The number of carbonyl (C=O) groups excluding carboxylic acids is 1. The van der Waals surface area contributed by atoms with Crippen LogP contribution < -0.4 is 0 Å². The lowest BCUT2D eigenvalue weighted by Crippen LogP contribution is -2.12. The Kier molecular flexibility index (Phi) is 6.00. The molecule has 3 rings (SSSR count). The molecule has 0 unspecified atom stereocenters. The zero-order valence-corrected chi connectivity index (χ0v) is 16.8. The molecule has 0 N–H and O–H groups in total. The number of hydrogen-bond acceptors (Lipinski definition) is 4. The molecule has 26 heavy (non-hydrogen) atoms. The summed E-state index contributed by atoms with van der Waals surface area (Å²) in [5, 5.41) is 10.0. The summed E-state index contributed by atoms with van der Waals surface area (Å²) in [5.74, 6) is 0.530. The number of halogens is 2. The minimum absolute atomic E-state index is 0.230. The van der Waals surface area contributed by atoms with Crippen molar-refractivity contribution in [2.45, 2.75) is 44.9 Å². The fourth-order valence-electron chi connectivity index (χ4n) is 3.39. The zero-order valence-electron chi connectivity index (χ0n) is 14.5. The molecule has 1 fully saturated rings. The molecule has 0 amide bonds. The van der Waals surface area contributed by atoms with Gasteiger partial charge < -0.3 is 4.74 Å². The second-order valence-corrected chi connectivity index (χ2v) is 7.46. The monoisotopic (exact) mass is 435 g/mol. The summed E-state index contributed by atoms with van der Waals surface area (Å²) >= 11 is 9.69. The number of nitriles is 1. The summed E-state index contributed by atoms with van der Waals surface area (Å²) in [6.45, 7) is 2.03. The van der Waals surface area contributed by atoms with Gasteiger partial charge in [0.25, 0.3) is 0 Å². The molecule has 1 aliphatic carbocycles. The van der Waals surface area contributed by atoms with E-state index in [4.69, 9.17) is 16.3 Å². The lowest BCUT2D eigenvalue weighted by atomic mass is 9.88. The quantitative estimate of drug-likeness (QED) is 0.603. The number of nitrogens with zero attached hydrogens (tertiary/aromatic N) is 3. The number of ether oxygens (including phenoxy) is 1. The third kappa shape index (κ3) is 3.65. The molecule has 0 aliphatic heterocycles. The Labute approximate surface area is 166 Å². The molecule has 0 radical (unpaired) electrons. The number of hydrogen-bond donors (Lipinski definition) is 0. The SMILES string of the molecule is CCOC(=O)c1nc(C2CCCCC2)n(-c2cc(Cl)ccc2C#N)c1Br. The van der Waals surface area contributed by atoms with Crippen molar-refractivity contribution in [2.24, 2.45) is 0 Å². The summed E-state index contributed by atoms with van der Waals surface area (Å²) < 4.78 is 7.48. The van der Waals surface area contributed by atoms with E-state index in [-0.39, 0.29) is 18.2 Å². The van der Waals surface area contributed by atoms with E-state index in [0.717, 1.165) is 31.5 Å². The third-order valence-corrected chi connectivity index (χ3v) is 5.57. The maximum atomic E-state index is 12.3. The number of rotatable bonds is 4. The van der Waals surface area contributed by atoms with E-state index in [1.54, 1.807) is 25.1 Å². The first-order chi connectivity index (χ1) is 12.6. The number of carbonyl (C=O) groups is 1. The molecule has 1 aromatic heterocycles. The molecule has 2 aromatic rings. The van der Waals surface area contributed by atoms with Crippen LogP contribution in [0.3, 0.4) is 0 Å². The highest BCUT2D eigenvalue weighted by molar-refractivity contribution is 9.10. The molecule has 1 aromatic carbocycles. The Bertz CT molecular complexity index is 866. The van der Waals surface area contributed by atoms with Crippen molar-refractivity contribution in [3.05, 3.63) is 44.9 Å². The van der Waals surface area contributed by atoms with Gasteiger partial charge in [0, 0.05) is 10.9 Å². The van der Waals surface area contributed by atoms with Crippen LogP contribution >= 0.6 is 27.5 Å². The topological polar surface area (TPSA) is 67.9 Å². The van der Waals surface area contributed by atoms with Crippen LogP contribution in [-0.4, -0.2) is 22.1 Å². The number of esters is 1. The predicted octanol–water partition coefficient (Wildman–Crippen LogP) is 5.38. The molecule has 5 nitrogen and oxygen atoms in total. The molecule has 0 saturated heterocycles. The molecule has 1 aliphatic rings. The van der Waals surface area contributed by atoms with Gasteiger partial charge >= 0.3 is 5.97 Å². The van der Waals surface area contributed by atoms with Gasteiger partial charge in [-0.2, -0.15) is 5.26 Å². The van der Waals surface area contributed by atoms with Gasteiger partial charge in [-0.15, -0.1) is 0 Å². The van der Waals surface area contributed by atoms with Crippen molar-refractivity contribution < 1.29 is 9.53 Å². The average Bonchev–Trinajstić information content (AvgIpc) is 3.00. The van der Waals surface area contributed by atoms with Crippen LogP contribution in [0.15, 0.2) is 22.8 Å². The van der Waals surface area contributed by atoms with Crippen molar-refractivity contribution in [2.75, 3.05) is 6.61 Å². The Morgan fingerprint density at radius 3 is 2.81 bits per heavy atom.